The molecule has 5 atom stereocenters. The summed E-state index contributed by atoms with van der Waals surface area (Å²) in [5, 5.41) is 20.6. The SMILES string of the molecule is CC/C=C\C/C=C\C/C=C\C/C=C\C/C=C\C/C=C\CCCCC(=O)OCC(COP(=O)(O)OCC(O)COP(=O)(O)OCC(O)COC(=O)CCCCCCCCCCC/C=C\C/C=C\C/C=C\C/C=C\CCCCC)OC(=O)CCCCCCCCCCCCCCC. The van der Waals surface area contributed by atoms with Crippen LogP contribution in [0, 0.1) is 0 Å². The van der Waals surface area contributed by atoms with Crippen LogP contribution in [0.5, 0.6) is 0 Å². The van der Waals surface area contributed by atoms with E-state index in [0.29, 0.717) is 19.3 Å². The average Bonchev–Trinajstić information content (AvgIpc) is 1.83. The van der Waals surface area contributed by atoms with Crippen molar-refractivity contribution in [1.82, 2.24) is 0 Å². The number of carbonyl (C=O) groups is 3. The molecule has 0 aliphatic rings. The summed E-state index contributed by atoms with van der Waals surface area (Å²) < 4.78 is 60.9. The van der Waals surface area contributed by atoms with Gasteiger partial charge in [0.15, 0.2) is 6.10 Å². The van der Waals surface area contributed by atoms with Crippen LogP contribution < -0.4 is 0 Å². The summed E-state index contributed by atoms with van der Waals surface area (Å²) in [5.41, 5.74) is 0. The molecule has 0 bridgehead atoms. The minimum atomic E-state index is -4.94. The smallest absolute Gasteiger partial charge is 0.463 e. The highest BCUT2D eigenvalue weighted by Crippen LogP contribution is 2.45. The van der Waals surface area contributed by atoms with E-state index in [-0.39, 0.29) is 19.3 Å². The van der Waals surface area contributed by atoms with Crippen molar-refractivity contribution in [3.05, 3.63) is 122 Å². The maximum Gasteiger partial charge on any atom is 0.472 e. The molecule has 0 aromatic carbocycles. The predicted molar refractivity (Wildman–Crippen MR) is 390 cm³/mol. The number of phosphoric ester groups is 2. The molecule has 0 aromatic heterocycles. The van der Waals surface area contributed by atoms with E-state index in [0.717, 1.165) is 128 Å². The Bertz CT molecular complexity index is 2210. The third kappa shape index (κ3) is 71.1. The number of unbranched alkanes of at least 4 members (excludes halogenated alkanes) is 26. The van der Waals surface area contributed by atoms with Gasteiger partial charge in [-0.05, 0) is 116 Å². The van der Waals surface area contributed by atoms with Crippen molar-refractivity contribution >= 4 is 33.6 Å². The molecule has 0 heterocycles. The predicted octanol–water partition coefficient (Wildman–Crippen LogP) is 21.0. The molecule has 0 radical (unpaired) electrons. The zero-order chi connectivity index (χ0) is 69.5. The highest BCUT2D eigenvalue weighted by atomic mass is 31.2. The van der Waals surface area contributed by atoms with E-state index in [1.54, 1.807) is 0 Å². The summed E-state index contributed by atoms with van der Waals surface area (Å²) in [7, 11) is -9.79. The van der Waals surface area contributed by atoms with Crippen molar-refractivity contribution in [2.75, 3.05) is 39.6 Å². The van der Waals surface area contributed by atoms with Gasteiger partial charge in [-0.2, -0.15) is 0 Å². The quantitative estimate of drug-likeness (QED) is 0.0146. The largest absolute Gasteiger partial charge is 0.472 e. The van der Waals surface area contributed by atoms with Crippen molar-refractivity contribution in [2.45, 2.75) is 309 Å². The molecule has 0 aromatic rings. The molecule has 546 valence electrons. The molecule has 0 rings (SSSR count). The Morgan fingerprint density at radius 2 is 0.558 bits per heavy atom. The highest BCUT2D eigenvalue weighted by Gasteiger charge is 2.29. The van der Waals surface area contributed by atoms with Gasteiger partial charge in [-0.1, -0.05) is 277 Å². The molecule has 0 saturated carbocycles. The van der Waals surface area contributed by atoms with Crippen LogP contribution in [-0.2, 0) is 55.8 Å². The third-order valence-electron chi connectivity index (χ3n) is 15.2. The maximum atomic E-state index is 12.9. The number of phosphoric acid groups is 2. The monoisotopic (exact) mass is 1370 g/mol. The summed E-state index contributed by atoms with van der Waals surface area (Å²) in [5.74, 6) is -1.63. The van der Waals surface area contributed by atoms with Crippen LogP contribution in [0.4, 0.5) is 0 Å². The van der Waals surface area contributed by atoms with Gasteiger partial charge in [-0.3, -0.25) is 32.5 Å². The Hall–Kier alpha value is -4.05. The summed E-state index contributed by atoms with van der Waals surface area (Å²) in [6.07, 6.45) is 81.1. The summed E-state index contributed by atoms with van der Waals surface area (Å²) in [4.78, 5) is 58.5. The van der Waals surface area contributed by atoms with Crippen LogP contribution in [0.2, 0.25) is 0 Å². The Balaban J connectivity index is 4.61. The van der Waals surface area contributed by atoms with Gasteiger partial charge in [0, 0.05) is 19.3 Å². The number of rotatable bonds is 69. The first-order valence-corrected chi connectivity index (χ1v) is 39.8. The molecule has 95 heavy (non-hydrogen) atoms. The second kappa shape index (κ2) is 69.8. The highest BCUT2D eigenvalue weighted by molar-refractivity contribution is 7.47. The summed E-state index contributed by atoms with van der Waals surface area (Å²) in [6, 6.07) is 0. The van der Waals surface area contributed by atoms with Crippen molar-refractivity contribution in [3.63, 3.8) is 0 Å². The first-order chi connectivity index (χ1) is 46.2. The number of esters is 3. The Morgan fingerprint density at radius 1 is 0.305 bits per heavy atom. The lowest BCUT2D eigenvalue weighted by atomic mass is 10.0. The normalized spacial score (nSPS) is 14.8. The first kappa shape index (κ1) is 91.0. The minimum Gasteiger partial charge on any atom is -0.463 e. The van der Waals surface area contributed by atoms with Crippen molar-refractivity contribution in [2.24, 2.45) is 0 Å². The molecular weight excluding hydrogens is 1240 g/mol. The van der Waals surface area contributed by atoms with E-state index in [9.17, 15) is 43.5 Å². The van der Waals surface area contributed by atoms with Crippen LogP contribution in [0.25, 0.3) is 0 Å². The fourth-order valence-corrected chi connectivity index (χ4v) is 11.1. The van der Waals surface area contributed by atoms with Crippen LogP contribution in [0.15, 0.2) is 122 Å². The molecule has 0 fully saturated rings. The van der Waals surface area contributed by atoms with Gasteiger partial charge in [0.25, 0.3) is 0 Å². The van der Waals surface area contributed by atoms with E-state index < -0.39 is 91.5 Å². The summed E-state index contributed by atoms with van der Waals surface area (Å²) >= 11 is 0. The van der Waals surface area contributed by atoms with Crippen molar-refractivity contribution < 1.29 is 75.8 Å². The van der Waals surface area contributed by atoms with E-state index in [2.05, 4.69) is 142 Å². The molecule has 0 saturated heterocycles. The molecular formula is C77H132O16P2. The van der Waals surface area contributed by atoms with Crippen molar-refractivity contribution in [3.8, 4) is 0 Å². The average molecular weight is 1380 g/mol. The first-order valence-electron chi connectivity index (χ1n) is 36.8. The number of allylic oxidation sites excluding steroid dienone is 20. The Morgan fingerprint density at radius 3 is 0.926 bits per heavy atom. The number of hydrogen-bond donors (Lipinski definition) is 4. The van der Waals surface area contributed by atoms with Gasteiger partial charge < -0.3 is 34.2 Å². The lowest BCUT2D eigenvalue weighted by Crippen LogP contribution is -2.30. The fraction of sp³-hybridized carbons (Fsp3) is 0.701. The number of aliphatic hydroxyl groups excluding tert-OH is 2. The Kier molecular flexibility index (Phi) is 66.9. The number of aliphatic hydroxyl groups is 2. The third-order valence-corrected chi connectivity index (χ3v) is 17.1. The van der Waals surface area contributed by atoms with E-state index in [1.165, 1.54) is 103 Å². The van der Waals surface area contributed by atoms with Crippen LogP contribution in [-0.4, -0.2) is 95.9 Å². The van der Waals surface area contributed by atoms with Crippen LogP contribution in [0.3, 0.4) is 0 Å². The number of hydrogen-bond acceptors (Lipinski definition) is 14. The second-order valence-electron chi connectivity index (χ2n) is 24.4. The van der Waals surface area contributed by atoms with E-state index in [4.69, 9.17) is 32.3 Å². The van der Waals surface area contributed by atoms with Crippen molar-refractivity contribution in [1.29, 1.82) is 0 Å². The molecule has 0 aliphatic heterocycles. The molecule has 0 spiro atoms. The minimum absolute atomic E-state index is 0.0949. The topological polar surface area (TPSA) is 231 Å². The lowest BCUT2D eigenvalue weighted by molar-refractivity contribution is -0.161. The van der Waals surface area contributed by atoms with Gasteiger partial charge >= 0.3 is 33.6 Å². The zero-order valence-electron chi connectivity index (χ0n) is 59.3. The van der Waals surface area contributed by atoms with Gasteiger partial charge in [0.1, 0.15) is 25.4 Å². The number of carbonyl (C=O) groups excluding carboxylic acids is 3. The molecule has 5 unspecified atom stereocenters. The van der Waals surface area contributed by atoms with Crippen LogP contribution >= 0.6 is 15.6 Å². The van der Waals surface area contributed by atoms with E-state index >= 15 is 0 Å². The molecule has 0 amide bonds. The molecule has 18 heteroatoms. The number of ether oxygens (including phenoxy) is 3. The maximum absolute atomic E-state index is 12.9. The summed E-state index contributed by atoms with van der Waals surface area (Å²) in [6.45, 7) is 2.48. The van der Waals surface area contributed by atoms with Gasteiger partial charge in [0.2, 0.25) is 0 Å². The fourth-order valence-electron chi connectivity index (χ4n) is 9.56. The standard InChI is InChI=1S/C77H132O16P2/c1-4-7-10-13-16-19-22-25-27-29-31-33-34-35-36-38-40-41-43-46-48-51-54-57-60-63-75(80)87-66-72(78)67-89-94(83,84)90-68-73(79)69-91-95(85,86)92-71-74(93-77(82)65-62-59-56-53-50-45-24-21-18-15-12-9-6-3)70-88-76(81)64-61-58-55-52-49-47-44-42-39-37-32-30-28-26-23-20-17-14-11-8-5-2/h8,11,16-17,19-20,25-28,31-33,35-37,42,44,49,52,72-74,78-79H,4-7,9-10,12-15,18,21-24,29-30,34,38-41,43,45-48,50-51,53-71H2,1-3H3,(H,83,84)(H,85,86)/b11-8-,19-16-,20-17-,27-25-,28-26-,33-31-,36-35-,37-32-,44-42-,52-49-. The molecule has 4 N–H and O–H groups in total. The van der Waals surface area contributed by atoms with Gasteiger partial charge in [0.05, 0.1) is 26.4 Å². The van der Waals surface area contributed by atoms with Gasteiger partial charge in [-0.15, -0.1) is 0 Å². The van der Waals surface area contributed by atoms with E-state index in [1.807, 2.05) is 0 Å². The zero-order valence-corrected chi connectivity index (χ0v) is 61.1. The van der Waals surface area contributed by atoms with Crippen LogP contribution in [0.1, 0.15) is 290 Å². The Labute approximate surface area is 576 Å². The lowest BCUT2D eigenvalue weighted by Gasteiger charge is -2.21. The van der Waals surface area contributed by atoms with Gasteiger partial charge in [-0.25, -0.2) is 9.13 Å². The second-order valence-corrected chi connectivity index (χ2v) is 27.3. The molecule has 0 aliphatic carbocycles. The molecule has 16 nitrogen and oxygen atoms in total.